The summed E-state index contributed by atoms with van der Waals surface area (Å²) in [4.78, 5) is 26.5. The van der Waals surface area contributed by atoms with Gasteiger partial charge in [-0.05, 0) is 62.8 Å². The molecule has 0 fully saturated rings. The van der Waals surface area contributed by atoms with Gasteiger partial charge in [-0.25, -0.2) is 4.79 Å². The van der Waals surface area contributed by atoms with Crippen molar-refractivity contribution >= 4 is 51.4 Å². The Morgan fingerprint density at radius 1 is 1.24 bits per heavy atom. The third-order valence-corrected chi connectivity index (χ3v) is 6.35. The fourth-order valence-electron chi connectivity index (χ4n) is 3.17. The van der Waals surface area contributed by atoms with E-state index >= 15 is 0 Å². The highest BCUT2D eigenvalue weighted by Gasteiger charge is 2.28. The predicted molar refractivity (Wildman–Crippen MR) is 117 cm³/mol. The summed E-state index contributed by atoms with van der Waals surface area (Å²) in [5.41, 5.74) is 1.50. The van der Waals surface area contributed by atoms with Gasteiger partial charge in [-0.15, -0.1) is 11.3 Å². The number of carbonyl (C=O) groups is 2. The first-order valence-electron chi connectivity index (χ1n) is 9.65. The van der Waals surface area contributed by atoms with E-state index in [4.69, 9.17) is 32.7 Å². The smallest absolute Gasteiger partial charge is 0.341 e. The van der Waals surface area contributed by atoms with Crippen LogP contribution in [-0.2, 0) is 22.4 Å². The lowest BCUT2D eigenvalue weighted by molar-refractivity contribution is -0.122. The fraction of sp³-hybridized carbons (Fsp3) is 0.429. The number of ether oxygens (including phenoxy) is 2. The van der Waals surface area contributed by atoms with Crippen molar-refractivity contribution in [1.82, 2.24) is 0 Å². The summed E-state index contributed by atoms with van der Waals surface area (Å²) in [6, 6.07) is 4.81. The quantitative estimate of drug-likeness (QED) is 0.527. The molecule has 1 unspecified atom stereocenters. The first-order valence-corrected chi connectivity index (χ1v) is 11.2. The number of halogens is 2. The van der Waals surface area contributed by atoms with E-state index in [1.165, 1.54) is 11.3 Å². The van der Waals surface area contributed by atoms with Crippen molar-refractivity contribution in [2.24, 2.45) is 0 Å². The number of carbonyl (C=O) groups excluding carboxylic acids is 2. The highest BCUT2D eigenvalue weighted by Crippen LogP contribution is 2.39. The average molecular weight is 456 g/mol. The standard InChI is InChI=1S/C21H23Cl2NO4S/c1-3-10-27-21(26)18-14-6-4-5-7-17(14)29-20(18)24-19(25)12(2)28-16-9-8-13(22)11-15(16)23/h8-9,11-12H,3-7,10H2,1-2H3,(H,24,25). The van der Waals surface area contributed by atoms with E-state index < -0.39 is 6.10 Å². The van der Waals surface area contributed by atoms with Crippen molar-refractivity contribution in [3.63, 3.8) is 0 Å². The number of hydrogen-bond donors (Lipinski definition) is 1. The summed E-state index contributed by atoms with van der Waals surface area (Å²) in [7, 11) is 0. The number of aryl methyl sites for hydroxylation is 1. The Morgan fingerprint density at radius 3 is 2.72 bits per heavy atom. The molecule has 29 heavy (non-hydrogen) atoms. The first-order chi connectivity index (χ1) is 13.9. The van der Waals surface area contributed by atoms with Crippen molar-refractivity contribution in [3.8, 4) is 5.75 Å². The Balaban J connectivity index is 1.78. The molecule has 1 heterocycles. The van der Waals surface area contributed by atoms with Gasteiger partial charge < -0.3 is 14.8 Å². The van der Waals surface area contributed by atoms with E-state index in [9.17, 15) is 9.59 Å². The number of thiophene rings is 1. The second kappa shape index (κ2) is 9.83. The molecule has 0 saturated heterocycles. The minimum Gasteiger partial charge on any atom is -0.479 e. The van der Waals surface area contributed by atoms with Crippen molar-refractivity contribution in [2.45, 2.75) is 52.1 Å². The van der Waals surface area contributed by atoms with E-state index in [0.717, 1.165) is 42.5 Å². The van der Waals surface area contributed by atoms with Crippen LogP contribution in [-0.4, -0.2) is 24.6 Å². The van der Waals surface area contributed by atoms with Gasteiger partial charge in [0.05, 0.1) is 17.2 Å². The number of amides is 1. The van der Waals surface area contributed by atoms with Crippen LogP contribution in [0.5, 0.6) is 5.75 Å². The van der Waals surface area contributed by atoms with E-state index in [1.54, 1.807) is 25.1 Å². The summed E-state index contributed by atoms with van der Waals surface area (Å²) in [5, 5.41) is 4.20. The van der Waals surface area contributed by atoms with Gasteiger partial charge in [0.15, 0.2) is 6.10 Å². The predicted octanol–water partition coefficient (Wildman–Crippen LogP) is 5.91. The summed E-state index contributed by atoms with van der Waals surface area (Å²) < 4.78 is 11.0. The summed E-state index contributed by atoms with van der Waals surface area (Å²) in [6.45, 7) is 3.92. The molecule has 8 heteroatoms. The van der Waals surface area contributed by atoms with Gasteiger partial charge in [-0.3, -0.25) is 4.79 Å². The van der Waals surface area contributed by atoms with E-state index in [0.29, 0.717) is 33.0 Å². The number of rotatable bonds is 7. The molecule has 1 amide bonds. The Kier molecular flexibility index (Phi) is 7.44. The van der Waals surface area contributed by atoms with Crippen LogP contribution in [0.25, 0.3) is 0 Å². The third kappa shape index (κ3) is 5.24. The number of anilines is 1. The van der Waals surface area contributed by atoms with Crippen LogP contribution in [0, 0.1) is 0 Å². The topological polar surface area (TPSA) is 64.6 Å². The van der Waals surface area contributed by atoms with Gasteiger partial charge in [0, 0.05) is 9.90 Å². The van der Waals surface area contributed by atoms with Crippen molar-refractivity contribution in [2.75, 3.05) is 11.9 Å². The molecule has 0 spiro atoms. The van der Waals surface area contributed by atoms with E-state index in [1.807, 2.05) is 6.92 Å². The van der Waals surface area contributed by atoms with Gasteiger partial charge in [0.1, 0.15) is 10.8 Å². The molecule has 1 aliphatic carbocycles. The summed E-state index contributed by atoms with van der Waals surface area (Å²) >= 11 is 13.5. The van der Waals surface area contributed by atoms with E-state index in [2.05, 4.69) is 5.32 Å². The minimum atomic E-state index is -0.813. The van der Waals surface area contributed by atoms with Crippen LogP contribution in [0.4, 0.5) is 5.00 Å². The normalized spacial score (nSPS) is 14.1. The molecule has 156 valence electrons. The molecular formula is C21H23Cl2NO4S. The molecular weight excluding hydrogens is 433 g/mol. The van der Waals surface area contributed by atoms with Crippen LogP contribution in [0.1, 0.15) is 53.9 Å². The highest BCUT2D eigenvalue weighted by atomic mass is 35.5. The molecule has 0 aliphatic heterocycles. The lowest BCUT2D eigenvalue weighted by atomic mass is 9.95. The summed E-state index contributed by atoms with van der Waals surface area (Å²) in [6.07, 6.45) is 3.78. The maximum Gasteiger partial charge on any atom is 0.341 e. The molecule has 0 saturated carbocycles. The Bertz CT molecular complexity index is 912. The molecule has 3 rings (SSSR count). The SMILES string of the molecule is CCCOC(=O)c1c(NC(=O)C(C)Oc2ccc(Cl)cc2Cl)sc2c1CCCC2. The van der Waals surface area contributed by atoms with Crippen LogP contribution in [0.2, 0.25) is 10.0 Å². The lowest BCUT2D eigenvalue weighted by Crippen LogP contribution is -2.30. The highest BCUT2D eigenvalue weighted by molar-refractivity contribution is 7.17. The van der Waals surface area contributed by atoms with Crippen LogP contribution in [0.3, 0.4) is 0 Å². The monoisotopic (exact) mass is 455 g/mol. The van der Waals surface area contributed by atoms with Gasteiger partial charge in [-0.1, -0.05) is 30.1 Å². The Morgan fingerprint density at radius 2 is 2.00 bits per heavy atom. The van der Waals surface area contributed by atoms with Crippen LogP contribution in [0.15, 0.2) is 18.2 Å². The van der Waals surface area contributed by atoms with Crippen molar-refractivity contribution < 1.29 is 19.1 Å². The maximum absolute atomic E-state index is 12.7. The molecule has 1 aromatic heterocycles. The zero-order valence-corrected chi connectivity index (χ0v) is 18.7. The van der Waals surface area contributed by atoms with Crippen LogP contribution >= 0.6 is 34.5 Å². The van der Waals surface area contributed by atoms with Crippen LogP contribution < -0.4 is 10.1 Å². The molecule has 1 aromatic carbocycles. The first kappa shape index (κ1) is 21.9. The zero-order chi connectivity index (χ0) is 21.0. The Labute approximate surface area is 184 Å². The summed E-state index contributed by atoms with van der Waals surface area (Å²) in [5.74, 6) is -0.373. The molecule has 5 nitrogen and oxygen atoms in total. The van der Waals surface area contributed by atoms with Gasteiger partial charge in [0.25, 0.3) is 5.91 Å². The second-order valence-corrected chi connectivity index (χ2v) is 8.82. The molecule has 1 atom stereocenters. The number of hydrogen-bond acceptors (Lipinski definition) is 5. The minimum absolute atomic E-state index is 0.326. The number of nitrogens with one attached hydrogen (secondary N) is 1. The van der Waals surface area contributed by atoms with Gasteiger partial charge >= 0.3 is 5.97 Å². The van der Waals surface area contributed by atoms with Crippen molar-refractivity contribution in [1.29, 1.82) is 0 Å². The van der Waals surface area contributed by atoms with E-state index in [-0.39, 0.29) is 11.9 Å². The molecule has 1 aliphatic rings. The van der Waals surface area contributed by atoms with Crippen molar-refractivity contribution in [3.05, 3.63) is 44.2 Å². The fourth-order valence-corrected chi connectivity index (χ4v) is 4.90. The maximum atomic E-state index is 12.7. The third-order valence-electron chi connectivity index (χ3n) is 4.62. The molecule has 2 aromatic rings. The average Bonchev–Trinajstić information content (AvgIpc) is 3.06. The molecule has 0 bridgehead atoms. The number of fused-ring (bicyclic) bond motifs is 1. The van der Waals surface area contributed by atoms with Gasteiger partial charge in [-0.2, -0.15) is 0 Å². The molecule has 1 N–H and O–H groups in total. The zero-order valence-electron chi connectivity index (χ0n) is 16.3. The Hall–Kier alpha value is -1.76. The second-order valence-electron chi connectivity index (χ2n) is 6.88. The number of benzene rings is 1. The largest absolute Gasteiger partial charge is 0.479 e. The molecule has 0 radical (unpaired) electrons. The lowest BCUT2D eigenvalue weighted by Gasteiger charge is -2.16. The van der Waals surface area contributed by atoms with Gasteiger partial charge in [0.2, 0.25) is 0 Å². The number of esters is 1.